The lowest BCUT2D eigenvalue weighted by molar-refractivity contribution is 0.601. The van der Waals surface area contributed by atoms with Crippen molar-refractivity contribution in [3.63, 3.8) is 0 Å². The van der Waals surface area contributed by atoms with Crippen LogP contribution in [0, 0.1) is 18.3 Å². The van der Waals surface area contributed by atoms with E-state index in [1.807, 2.05) is 6.07 Å². The van der Waals surface area contributed by atoms with Gasteiger partial charge < -0.3 is 0 Å². The van der Waals surface area contributed by atoms with Gasteiger partial charge in [-0.2, -0.15) is 5.26 Å². The molecular formula is C14H10Cl2N2O2S. The van der Waals surface area contributed by atoms with Gasteiger partial charge in [0.2, 0.25) is 0 Å². The highest BCUT2D eigenvalue weighted by Crippen LogP contribution is 2.25. The predicted octanol–water partition coefficient (Wildman–Crippen LogP) is 3.97. The molecule has 0 aliphatic carbocycles. The molecule has 0 aromatic heterocycles. The molecule has 4 nitrogen and oxygen atoms in total. The van der Waals surface area contributed by atoms with Gasteiger partial charge in [-0.1, -0.05) is 29.3 Å². The first kappa shape index (κ1) is 15.6. The molecular weight excluding hydrogens is 331 g/mol. The third-order valence-electron chi connectivity index (χ3n) is 2.82. The average molecular weight is 341 g/mol. The summed E-state index contributed by atoms with van der Waals surface area (Å²) in [6, 6.07) is 10.7. The second-order valence-corrected chi connectivity index (χ2v) is 6.84. The normalized spacial score (nSPS) is 11.0. The zero-order valence-electron chi connectivity index (χ0n) is 10.9. The number of nitrogens with one attached hydrogen (secondary N) is 1. The van der Waals surface area contributed by atoms with E-state index in [0.29, 0.717) is 10.7 Å². The van der Waals surface area contributed by atoms with Crippen LogP contribution in [0.1, 0.15) is 11.1 Å². The maximum absolute atomic E-state index is 12.3. The van der Waals surface area contributed by atoms with E-state index in [1.54, 1.807) is 19.1 Å². The van der Waals surface area contributed by atoms with Crippen LogP contribution in [0.5, 0.6) is 0 Å². The van der Waals surface area contributed by atoms with E-state index in [-0.39, 0.29) is 15.5 Å². The Morgan fingerprint density at radius 3 is 2.48 bits per heavy atom. The van der Waals surface area contributed by atoms with E-state index in [0.717, 1.165) is 5.56 Å². The Balaban J connectivity index is 2.41. The molecule has 0 saturated heterocycles. The van der Waals surface area contributed by atoms with Gasteiger partial charge in [-0.3, -0.25) is 4.72 Å². The number of nitriles is 1. The SMILES string of the molecule is Cc1ccc(Cl)cc1NS(=O)(=O)c1ccc(C#N)c(Cl)c1. The molecule has 0 saturated carbocycles. The zero-order valence-corrected chi connectivity index (χ0v) is 13.2. The van der Waals surface area contributed by atoms with Crippen molar-refractivity contribution >= 4 is 38.9 Å². The highest BCUT2D eigenvalue weighted by atomic mass is 35.5. The standard InChI is InChI=1S/C14H10Cl2N2O2S/c1-9-2-4-11(15)6-14(9)18-21(19,20)12-5-3-10(8-17)13(16)7-12/h2-7,18H,1H3. The predicted molar refractivity (Wildman–Crippen MR) is 83.2 cm³/mol. The number of anilines is 1. The number of nitrogens with zero attached hydrogens (tertiary/aromatic N) is 1. The second kappa shape index (κ2) is 5.94. The van der Waals surface area contributed by atoms with Crippen molar-refractivity contribution in [1.82, 2.24) is 0 Å². The first-order chi connectivity index (χ1) is 9.83. The number of hydrogen-bond acceptors (Lipinski definition) is 3. The molecule has 2 aromatic rings. The minimum absolute atomic E-state index is 0.0223. The van der Waals surface area contributed by atoms with Gasteiger partial charge in [-0.25, -0.2) is 8.42 Å². The van der Waals surface area contributed by atoms with Crippen LogP contribution in [-0.4, -0.2) is 8.42 Å². The second-order valence-electron chi connectivity index (χ2n) is 4.32. The van der Waals surface area contributed by atoms with E-state index in [4.69, 9.17) is 28.5 Å². The number of rotatable bonds is 3. The minimum atomic E-state index is -3.80. The largest absolute Gasteiger partial charge is 0.279 e. The van der Waals surface area contributed by atoms with Gasteiger partial charge in [0.15, 0.2) is 0 Å². The quantitative estimate of drug-likeness (QED) is 0.918. The van der Waals surface area contributed by atoms with E-state index in [1.165, 1.54) is 24.3 Å². The van der Waals surface area contributed by atoms with Crippen molar-refractivity contribution in [2.45, 2.75) is 11.8 Å². The van der Waals surface area contributed by atoms with Crippen LogP contribution in [0.2, 0.25) is 10.0 Å². The fourth-order valence-corrected chi connectivity index (χ4v) is 3.27. The molecule has 108 valence electrons. The molecule has 0 amide bonds. The molecule has 1 N–H and O–H groups in total. The van der Waals surface area contributed by atoms with Gasteiger partial charge in [0.05, 0.1) is 21.2 Å². The lowest BCUT2D eigenvalue weighted by atomic mass is 10.2. The third kappa shape index (κ3) is 3.48. The minimum Gasteiger partial charge on any atom is -0.279 e. The summed E-state index contributed by atoms with van der Waals surface area (Å²) in [6.07, 6.45) is 0. The first-order valence-electron chi connectivity index (χ1n) is 5.82. The number of halogens is 2. The molecule has 0 fully saturated rings. The molecule has 0 heterocycles. The Kier molecular flexibility index (Phi) is 4.43. The van der Waals surface area contributed by atoms with Crippen molar-refractivity contribution in [1.29, 1.82) is 5.26 Å². The Bertz CT molecular complexity index is 843. The molecule has 0 unspecified atom stereocenters. The zero-order chi connectivity index (χ0) is 15.6. The van der Waals surface area contributed by atoms with Gasteiger partial charge in [0, 0.05) is 5.02 Å². The average Bonchev–Trinajstić information content (AvgIpc) is 2.42. The van der Waals surface area contributed by atoms with E-state index < -0.39 is 10.0 Å². The molecule has 21 heavy (non-hydrogen) atoms. The topological polar surface area (TPSA) is 70.0 Å². The summed E-state index contributed by atoms with van der Waals surface area (Å²) >= 11 is 11.7. The molecule has 0 spiro atoms. The maximum atomic E-state index is 12.3. The molecule has 0 radical (unpaired) electrons. The van der Waals surface area contributed by atoms with Crippen LogP contribution < -0.4 is 4.72 Å². The monoisotopic (exact) mass is 340 g/mol. The van der Waals surface area contributed by atoms with E-state index in [2.05, 4.69) is 4.72 Å². The van der Waals surface area contributed by atoms with Gasteiger partial charge in [-0.05, 0) is 42.8 Å². The van der Waals surface area contributed by atoms with E-state index >= 15 is 0 Å². The lowest BCUT2D eigenvalue weighted by Crippen LogP contribution is -2.13. The Morgan fingerprint density at radius 2 is 1.86 bits per heavy atom. The van der Waals surface area contributed by atoms with Crippen LogP contribution in [0.25, 0.3) is 0 Å². The summed E-state index contributed by atoms with van der Waals surface area (Å²) in [7, 11) is -3.80. The van der Waals surface area contributed by atoms with Crippen LogP contribution in [-0.2, 0) is 10.0 Å². The number of sulfonamides is 1. The molecule has 0 atom stereocenters. The number of hydrogen-bond donors (Lipinski definition) is 1. The summed E-state index contributed by atoms with van der Waals surface area (Å²) in [5.41, 5.74) is 1.35. The molecule has 7 heteroatoms. The van der Waals surface area contributed by atoms with Crippen molar-refractivity contribution in [2.75, 3.05) is 4.72 Å². The number of benzene rings is 2. The smallest absolute Gasteiger partial charge is 0.261 e. The molecule has 0 bridgehead atoms. The summed E-state index contributed by atoms with van der Waals surface area (Å²) < 4.78 is 27.1. The van der Waals surface area contributed by atoms with Crippen molar-refractivity contribution in [3.8, 4) is 6.07 Å². The highest BCUT2D eigenvalue weighted by Gasteiger charge is 2.17. The molecule has 0 aliphatic heterocycles. The van der Waals surface area contributed by atoms with Gasteiger partial charge in [0.1, 0.15) is 6.07 Å². The lowest BCUT2D eigenvalue weighted by Gasteiger charge is -2.11. The maximum Gasteiger partial charge on any atom is 0.261 e. The van der Waals surface area contributed by atoms with Crippen molar-refractivity contribution < 1.29 is 8.42 Å². The van der Waals surface area contributed by atoms with Crippen LogP contribution in [0.15, 0.2) is 41.3 Å². The Hall–Kier alpha value is -1.74. The van der Waals surface area contributed by atoms with Gasteiger partial charge in [-0.15, -0.1) is 0 Å². The van der Waals surface area contributed by atoms with Crippen LogP contribution in [0.3, 0.4) is 0 Å². The summed E-state index contributed by atoms with van der Waals surface area (Å²) in [6.45, 7) is 1.76. The molecule has 0 aliphatic rings. The summed E-state index contributed by atoms with van der Waals surface area (Å²) in [5, 5.41) is 9.31. The van der Waals surface area contributed by atoms with E-state index in [9.17, 15) is 8.42 Å². The van der Waals surface area contributed by atoms with Crippen molar-refractivity contribution in [2.24, 2.45) is 0 Å². The summed E-state index contributed by atoms with van der Waals surface area (Å²) in [5.74, 6) is 0. The fraction of sp³-hybridized carbons (Fsp3) is 0.0714. The van der Waals surface area contributed by atoms with Crippen LogP contribution >= 0.6 is 23.2 Å². The third-order valence-corrected chi connectivity index (χ3v) is 4.73. The first-order valence-corrected chi connectivity index (χ1v) is 8.06. The number of aryl methyl sites for hydroxylation is 1. The summed E-state index contributed by atoms with van der Waals surface area (Å²) in [4.78, 5) is -0.0223. The molecule has 2 rings (SSSR count). The Labute approximate surface area is 133 Å². The Morgan fingerprint density at radius 1 is 1.14 bits per heavy atom. The fourth-order valence-electron chi connectivity index (χ4n) is 1.66. The van der Waals surface area contributed by atoms with Crippen LogP contribution in [0.4, 0.5) is 5.69 Å². The van der Waals surface area contributed by atoms with Crippen molar-refractivity contribution in [3.05, 3.63) is 57.6 Å². The van der Waals surface area contributed by atoms with Gasteiger partial charge in [0.25, 0.3) is 10.0 Å². The highest BCUT2D eigenvalue weighted by molar-refractivity contribution is 7.92. The molecule has 2 aromatic carbocycles. The van der Waals surface area contributed by atoms with Gasteiger partial charge >= 0.3 is 0 Å².